The molecule has 0 aliphatic heterocycles. The molecular weight excluding hydrogens is 367 g/mol. The van der Waals surface area contributed by atoms with Crippen LogP contribution in [0.25, 0.3) is 0 Å². The second-order valence-corrected chi connectivity index (χ2v) is 5.77. The number of hydrogen-bond acceptors (Lipinski definition) is 2. The summed E-state index contributed by atoms with van der Waals surface area (Å²) in [6, 6.07) is 7.64. The molecule has 0 unspecified atom stereocenters. The van der Waals surface area contributed by atoms with Crippen LogP contribution in [0.5, 0.6) is 0 Å². The number of hydrogen-bond donors (Lipinski definition) is 1. The Labute approximate surface area is 122 Å². The minimum Gasteiger partial charge on any atom is -0.338 e. The summed E-state index contributed by atoms with van der Waals surface area (Å²) in [6.45, 7) is 1.99. The Balaban J connectivity index is 2.34. The molecule has 1 N–H and O–H groups in total. The normalized spacial score (nSPS) is 10.4. The number of aryl methyl sites for hydroxylation is 1. The maximum Gasteiger partial charge on any atom is 0.144 e. The predicted octanol–water partition coefficient (Wildman–Crippen LogP) is 5.31. The molecule has 0 aliphatic carbocycles. The van der Waals surface area contributed by atoms with Crippen molar-refractivity contribution >= 4 is 55.0 Å². The van der Waals surface area contributed by atoms with Gasteiger partial charge in [-0.1, -0.05) is 27.5 Å². The quantitative estimate of drug-likeness (QED) is 0.768. The van der Waals surface area contributed by atoms with Gasteiger partial charge in [-0.3, -0.25) is 0 Å². The van der Waals surface area contributed by atoms with Crippen LogP contribution < -0.4 is 5.32 Å². The second-order valence-electron chi connectivity index (χ2n) is 3.59. The van der Waals surface area contributed by atoms with Crippen molar-refractivity contribution in [3.8, 4) is 0 Å². The van der Waals surface area contributed by atoms with Crippen LogP contribution in [0.3, 0.4) is 0 Å². The van der Waals surface area contributed by atoms with Gasteiger partial charge in [0.2, 0.25) is 0 Å². The van der Waals surface area contributed by atoms with E-state index in [1.54, 1.807) is 6.20 Å². The summed E-state index contributed by atoms with van der Waals surface area (Å²) in [4.78, 5) is 4.31. The van der Waals surface area contributed by atoms with E-state index in [4.69, 9.17) is 11.6 Å². The van der Waals surface area contributed by atoms with Gasteiger partial charge in [0.25, 0.3) is 0 Å². The third kappa shape index (κ3) is 3.21. The van der Waals surface area contributed by atoms with Crippen LogP contribution in [-0.2, 0) is 0 Å². The molecule has 1 heterocycles. The third-order valence-electron chi connectivity index (χ3n) is 2.16. The summed E-state index contributed by atoms with van der Waals surface area (Å²) in [5.41, 5.74) is 1.92. The number of halogens is 3. The highest BCUT2D eigenvalue weighted by atomic mass is 79.9. The molecule has 1 aromatic heterocycles. The van der Waals surface area contributed by atoms with Crippen LogP contribution >= 0.6 is 43.5 Å². The SMILES string of the molecule is Cc1cnc(Nc2cc(Br)ccc2Cl)c(Br)c1. The molecule has 17 heavy (non-hydrogen) atoms. The van der Waals surface area contributed by atoms with E-state index in [0.717, 1.165) is 26.0 Å². The van der Waals surface area contributed by atoms with E-state index in [1.807, 2.05) is 31.2 Å². The Hall–Kier alpha value is -0.580. The van der Waals surface area contributed by atoms with Gasteiger partial charge >= 0.3 is 0 Å². The summed E-state index contributed by atoms with van der Waals surface area (Å²) in [7, 11) is 0. The van der Waals surface area contributed by atoms with Crippen molar-refractivity contribution in [1.29, 1.82) is 0 Å². The Morgan fingerprint density at radius 3 is 2.71 bits per heavy atom. The van der Waals surface area contributed by atoms with E-state index >= 15 is 0 Å². The van der Waals surface area contributed by atoms with Crippen LogP contribution in [0.4, 0.5) is 11.5 Å². The lowest BCUT2D eigenvalue weighted by Gasteiger charge is -2.10. The molecule has 0 aliphatic rings. The van der Waals surface area contributed by atoms with Gasteiger partial charge < -0.3 is 5.32 Å². The molecule has 0 saturated carbocycles. The summed E-state index contributed by atoms with van der Waals surface area (Å²) in [5.74, 6) is 0.746. The number of rotatable bonds is 2. The lowest BCUT2D eigenvalue weighted by molar-refractivity contribution is 1.24. The maximum absolute atomic E-state index is 6.10. The number of benzene rings is 1. The van der Waals surface area contributed by atoms with E-state index in [0.29, 0.717) is 5.02 Å². The number of nitrogens with one attached hydrogen (secondary N) is 1. The molecule has 0 bridgehead atoms. The number of anilines is 2. The van der Waals surface area contributed by atoms with Gasteiger partial charge in [0.05, 0.1) is 15.2 Å². The number of aromatic nitrogens is 1. The molecule has 2 rings (SSSR count). The fraction of sp³-hybridized carbons (Fsp3) is 0.0833. The highest BCUT2D eigenvalue weighted by molar-refractivity contribution is 9.10. The van der Waals surface area contributed by atoms with Gasteiger partial charge in [0.15, 0.2) is 0 Å². The average molecular weight is 376 g/mol. The molecule has 0 amide bonds. The minimum atomic E-state index is 0.655. The lowest BCUT2D eigenvalue weighted by Crippen LogP contribution is -1.95. The predicted molar refractivity (Wildman–Crippen MR) is 79.1 cm³/mol. The van der Waals surface area contributed by atoms with Crippen molar-refractivity contribution in [1.82, 2.24) is 4.98 Å². The van der Waals surface area contributed by atoms with E-state index in [1.165, 1.54) is 0 Å². The summed E-state index contributed by atoms with van der Waals surface area (Å²) in [5, 5.41) is 3.84. The minimum absolute atomic E-state index is 0.655. The highest BCUT2D eigenvalue weighted by Gasteiger charge is 2.05. The topological polar surface area (TPSA) is 24.9 Å². The van der Waals surface area contributed by atoms with Crippen LogP contribution in [0.15, 0.2) is 39.4 Å². The molecular formula is C12H9Br2ClN2. The Morgan fingerprint density at radius 1 is 1.24 bits per heavy atom. The Bertz CT molecular complexity index is 558. The molecule has 0 atom stereocenters. The lowest BCUT2D eigenvalue weighted by atomic mass is 10.3. The fourth-order valence-electron chi connectivity index (χ4n) is 1.35. The molecule has 2 nitrogen and oxygen atoms in total. The van der Waals surface area contributed by atoms with Crippen LogP contribution in [0.2, 0.25) is 5.02 Å². The van der Waals surface area contributed by atoms with Crippen LogP contribution in [-0.4, -0.2) is 4.98 Å². The summed E-state index contributed by atoms with van der Waals surface area (Å²) in [6.07, 6.45) is 1.80. The smallest absolute Gasteiger partial charge is 0.144 e. The van der Waals surface area contributed by atoms with Crippen LogP contribution in [0.1, 0.15) is 5.56 Å². The second kappa shape index (κ2) is 5.38. The van der Waals surface area contributed by atoms with Crippen molar-refractivity contribution < 1.29 is 0 Å². The Morgan fingerprint density at radius 2 is 2.00 bits per heavy atom. The van der Waals surface area contributed by atoms with E-state index < -0.39 is 0 Å². The van der Waals surface area contributed by atoms with Gasteiger partial charge in [0.1, 0.15) is 5.82 Å². The van der Waals surface area contributed by atoms with Crippen LogP contribution in [0, 0.1) is 6.92 Å². The molecule has 1 aromatic carbocycles. The maximum atomic E-state index is 6.10. The van der Waals surface area contributed by atoms with Crippen molar-refractivity contribution in [3.05, 3.63) is 50.0 Å². The zero-order valence-electron chi connectivity index (χ0n) is 8.97. The fourth-order valence-corrected chi connectivity index (χ4v) is 2.43. The Kier molecular flexibility index (Phi) is 4.07. The molecule has 0 saturated heterocycles. The monoisotopic (exact) mass is 374 g/mol. The zero-order valence-corrected chi connectivity index (χ0v) is 12.9. The average Bonchev–Trinajstić information content (AvgIpc) is 2.27. The van der Waals surface area contributed by atoms with Gasteiger partial charge in [0, 0.05) is 10.7 Å². The first-order valence-corrected chi connectivity index (χ1v) is 6.87. The van der Waals surface area contributed by atoms with Crippen molar-refractivity contribution in [2.75, 3.05) is 5.32 Å². The first kappa shape index (κ1) is 12.9. The first-order chi connectivity index (χ1) is 8.06. The van der Waals surface area contributed by atoms with Crippen molar-refractivity contribution in [2.24, 2.45) is 0 Å². The summed E-state index contributed by atoms with van der Waals surface area (Å²) >= 11 is 13.0. The van der Waals surface area contributed by atoms with Crippen molar-refractivity contribution in [2.45, 2.75) is 6.92 Å². The van der Waals surface area contributed by atoms with Gasteiger partial charge in [-0.15, -0.1) is 0 Å². The molecule has 5 heteroatoms. The number of nitrogens with zero attached hydrogens (tertiary/aromatic N) is 1. The standard InChI is InChI=1S/C12H9Br2ClN2/c1-7-4-9(14)12(16-6-7)17-11-5-8(13)2-3-10(11)15/h2-6H,1H3,(H,16,17). The molecule has 0 spiro atoms. The van der Waals surface area contributed by atoms with Crippen molar-refractivity contribution in [3.63, 3.8) is 0 Å². The molecule has 0 fully saturated rings. The van der Waals surface area contributed by atoms with Gasteiger partial charge in [-0.25, -0.2) is 4.98 Å². The number of pyridine rings is 1. The van der Waals surface area contributed by atoms with Gasteiger partial charge in [-0.2, -0.15) is 0 Å². The van der Waals surface area contributed by atoms with E-state index in [-0.39, 0.29) is 0 Å². The van der Waals surface area contributed by atoms with E-state index in [9.17, 15) is 0 Å². The van der Waals surface area contributed by atoms with E-state index in [2.05, 4.69) is 42.2 Å². The molecule has 0 radical (unpaired) electrons. The molecule has 2 aromatic rings. The zero-order chi connectivity index (χ0) is 12.4. The highest BCUT2D eigenvalue weighted by Crippen LogP contribution is 2.30. The third-order valence-corrected chi connectivity index (χ3v) is 3.59. The summed E-state index contributed by atoms with van der Waals surface area (Å²) < 4.78 is 1.88. The largest absolute Gasteiger partial charge is 0.338 e. The molecule has 88 valence electrons. The first-order valence-electron chi connectivity index (χ1n) is 4.90. The van der Waals surface area contributed by atoms with Gasteiger partial charge in [-0.05, 0) is 52.7 Å².